The SMILES string of the molecule is O=C(c1cc(F)cc([N+](=O)[O-])c1)N1CCC(CBr)CC1. The predicted molar refractivity (Wildman–Crippen MR) is 75.5 cm³/mol. The highest BCUT2D eigenvalue weighted by atomic mass is 79.9. The number of halogens is 2. The fourth-order valence-electron chi connectivity index (χ4n) is 2.28. The van der Waals surface area contributed by atoms with Gasteiger partial charge in [-0.2, -0.15) is 0 Å². The lowest BCUT2D eigenvalue weighted by Crippen LogP contribution is -2.38. The van der Waals surface area contributed by atoms with Crippen LogP contribution in [-0.2, 0) is 0 Å². The van der Waals surface area contributed by atoms with E-state index in [0.29, 0.717) is 19.0 Å². The Morgan fingerprint density at radius 3 is 2.60 bits per heavy atom. The minimum absolute atomic E-state index is 0.0361. The number of non-ortho nitro benzene ring substituents is 1. The molecule has 0 bridgehead atoms. The third kappa shape index (κ3) is 3.33. The Balaban J connectivity index is 2.15. The molecule has 108 valence electrons. The minimum Gasteiger partial charge on any atom is -0.339 e. The van der Waals surface area contributed by atoms with Crippen LogP contribution in [0.1, 0.15) is 23.2 Å². The molecule has 0 atom stereocenters. The Kier molecular flexibility index (Phi) is 4.69. The van der Waals surface area contributed by atoms with Crippen molar-refractivity contribution < 1.29 is 14.1 Å². The van der Waals surface area contributed by atoms with Crippen LogP contribution in [0.2, 0.25) is 0 Å². The zero-order valence-corrected chi connectivity index (χ0v) is 12.3. The second-order valence-electron chi connectivity index (χ2n) is 4.85. The molecule has 1 fully saturated rings. The summed E-state index contributed by atoms with van der Waals surface area (Å²) >= 11 is 3.42. The summed E-state index contributed by atoms with van der Waals surface area (Å²) in [6.07, 6.45) is 1.77. The van der Waals surface area contributed by atoms with Crippen LogP contribution in [0.15, 0.2) is 18.2 Å². The number of nitro benzene ring substituents is 1. The lowest BCUT2D eigenvalue weighted by atomic mass is 9.98. The van der Waals surface area contributed by atoms with Gasteiger partial charge in [0.05, 0.1) is 11.0 Å². The number of carbonyl (C=O) groups is 1. The van der Waals surface area contributed by atoms with Crippen LogP contribution in [0.4, 0.5) is 10.1 Å². The van der Waals surface area contributed by atoms with Crippen molar-refractivity contribution in [3.05, 3.63) is 39.7 Å². The monoisotopic (exact) mass is 344 g/mol. The van der Waals surface area contributed by atoms with Crippen molar-refractivity contribution in [1.29, 1.82) is 0 Å². The summed E-state index contributed by atoms with van der Waals surface area (Å²) in [5, 5.41) is 11.6. The maximum absolute atomic E-state index is 13.4. The number of amides is 1. The van der Waals surface area contributed by atoms with Crippen molar-refractivity contribution in [2.75, 3.05) is 18.4 Å². The molecule has 2 rings (SSSR count). The predicted octanol–water partition coefficient (Wildman–Crippen LogP) is 2.98. The van der Waals surface area contributed by atoms with Crippen LogP contribution in [-0.4, -0.2) is 34.2 Å². The number of hydrogen-bond donors (Lipinski definition) is 0. The number of likely N-dealkylation sites (tertiary alicyclic amines) is 1. The molecule has 0 spiro atoms. The van der Waals surface area contributed by atoms with Gasteiger partial charge < -0.3 is 4.90 Å². The molecule has 1 saturated heterocycles. The van der Waals surface area contributed by atoms with E-state index in [1.165, 1.54) is 0 Å². The summed E-state index contributed by atoms with van der Waals surface area (Å²) in [4.78, 5) is 23.9. The van der Waals surface area contributed by atoms with Gasteiger partial charge in [0.15, 0.2) is 0 Å². The molecule has 1 aromatic rings. The van der Waals surface area contributed by atoms with Crippen LogP contribution in [0.25, 0.3) is 0 Å². The molecule has 0 N–H and O–H groups in total. The van der Waals surface area contributed by atoms with E-state index in [2.05, 4.69) is 15.9 Å². The minimum atomic E-state index is -0.766. The van der Waals surface area contributed by atoms with Crippen LogP contribution in [0.5, 0.6) is 0 Å². The van der Waals surface area contributed by atoms with Gasteiger partial charge in [-0.3, -0.25) is 14.9 Å². The largest absolute Gasteiger partial charge is 0.339 e. The number of alkyl halides is 1. The number of nitro groups is 1. The van der Waals surface area contributed by atoms with E-state index in [0.717, 1.165) is 36.4 Å². The Bertz CT molecular complexity index is 530. The molecule has 0 aliphatic carbocycles. The topological polar surface area (TPSA) is 63.4 Å². The average Bonchev–Trinajstić information content (AvgIpc) is 2.46. The molecule has 0 unspecified atom stereocenters. The van der Waals surface area contributed by atoms with E-state index in [9.17, 15) is 19.3 Å². The first-order valence-electron chi connectivity index (χ1n) is 6.31. The number of piperidine rings is 1. The van der Waals surface area contributed by atoms with Gasteiger partial charge in [-0.05, 0) is 24.8 Å². The summed E-state index contributed by atoms with van der Waals surface area (Å²) in [5.74, 6) is -0.570. The van der Waals surface area contributed by atoms with Crippen LogP contribution in [0.3, 0.4) is 0 Å². The van der Waals surface area contributed by atoms with Crippen molar-refractivity contribution in [3.63, 3.8) is 0 Å². The summed E-state index contributed by atoms with van der Waals surface area (Å²) in [6.45, 7) is 1.19. The zero-order chi connectivity index (χ0) is 14.7. The van der Waals surface area contributed by atoms with Gasteiger partial charge in [0, 0.05) is 30.0 Å². The van der Waals surface area contributed by atoms with E-state index in [-0.39, 0.29) is 11.5 Å². The van der Waals surface area contributed by atoms with Crippen molar-refractivity contribution in [3.8, 4) is 0 Å². The van der Waals surface area contributed by atoms with E-state index < -0.39 is 16.4 Å². The first kappa shape index (κ1) is 14.9. The molecule has 0 radical (unpaired) electrons. The van der Waals surface area contributed by atoms with Crippen molar-refractivity contribution in [1.82, 2.24) is 4.90 Å². The number of rotatable bonds is 3. The van der Waals surface area contributed by atoms with Crippen molar-refractivity contribution in [2.24, 2.45) is 5.92 Å². The van der Waals surface area contributed by atoms with Gasteiger partial charge in [-0.25, -0.2) is 4.39 Å². The maximum atomic E-state index is 13.4. The molecule has 1 aromatic carbocycles. The smallest absolute Gasteiger partial charge is 0.273 e. The Labute approximate surface area is 124 Å². The Morgan fingerprint density at radius 1 is 1.40 bits per heavy atom. The third-order valence-electron chi connectivity index (χ3n) is 3.46. The highest BCUT2D eigenvalue weighted by molar-refractivity contribution is 9.09. The molecule has 20 heavy (non-hydrogen) atoms. The standard InChI is InChI=1S/C13H14BrFN2O3/c14-8-9-1-3-16(4-2-9)13(18)10-5-11(15)7-12(6-10)17(19)20/h5-7,9H,1-4,8H2. The summed E-state index contributed by atoms with van der Waals surface area (Å²) < 4.78 is 13.4. The van der Waals surface area contributed by atoms with Gasteiger partial charge >= 0.3 is 0 Å². The second-order valence-corrected chi connectivity index (χ2v) is 5.49. The van der Waals surface area contributed by atoms with Gasteiger partial charge in [0.1, 0.15) is 5.82 Å². The maximum Gasteiger partial charge on any atom is 0.273 e. The van der Waals surface area contributed by atoms with Gasteiger partial charge in [-0.1, -0.05) is 15.9 Å². The van der Waals surface area contributed by atoms with Gasteiger partial charge in [0.2, 0.25) is 0 Å². The molecule has 1 heterocycles. The van der Waals surface area contributed by atoms with E-state index >= 15 is 0 Å². The number of benzene rings is 1. The molecule has 0 saturated carbocycles. The fourth-order valence-corrected chi connectivity index (χ4v) is 2.92. The van der Waals surface area contributed by atoms with E-state index in [1.807, 2.05) is 0 Å². The molecule has 1 aliphatic heterocycles. The number of nitrogens with zero attached hydrogens (tertiary/aromatic N) is 2. The molecule has 1 amide bonds. The van der Waals surface area contributed by atoms with Gasteiger partial charge in [-0.15, -0.1) is 0 Å². The Morgan fingerprint density at radius 2 is 2.05 bits per heavy atom. The molecule has 0 aromatic heterocycles. The molecular formula is C13H14BrFN2O3. The lowest BCUT2D eigenvalue weighted by molar-refractivity contribution is -0.385. The summed E-state index contributed by atoms with van der Waals surface area (Å²) in [5.41, 5.74) is -0.363. The molecule has 1 aliphatic rings. The lowest BCUT2D eigenvalue weighted by Gasteiger charge is -2.31. The van der Waals surface area contributed by atoms with Crippen molar-refractivity contribution in [2.45, 2.75) is 12.8 Å². The average molecular weight is 345 g/mol. The quantitative estimate of drug-likeness (QED) is 0.481. The van der Waals surface area contributed by atoms with E-state index in [1.54, 1.807) is 4.90 Å². The number of hydrogen-bond acceptors (Lipinski definition) is 3. The van der Waals surface area contributed by atoms with Crippen LogP contribution < -0.4 is 0 Å². The summed E-state index contributed by atoms with van der Waals surface area (Å²) in [6, 6.07) is 2.99. The molecular weight excluding hydrogens is 331 g/mol. The molecule has 7 heteroatoms. The zero-order valence-electron chi connectivity index (χ0n) is 10.7. The first-order valence-corrected chi connectivity index (χ1v) is 7.43. The molecule has 5 nitrogen and oxygen atoms in total. The highest BCUT2D eigenvalue weighted by Crippen LogP contribution is 2.22. The third-order valence-corrected chi connectivity index (χ3v) is 4.38. The first-order chi connectivity index (χ1) is 9.51. The summed E-state index contributed by atoms with van der Waals surface area (Å²) in [7, 11) is 0. The van der Waals surface area contributed by atoms with Crippen LogP contribution >= 0.6 is 15.9 Å². The van der Waals surface area contributed by atoms with Gasteiger partial charge in [0.25, 0.3) is 11.6 Å². The fraction of sp³-hybridized carbons (Fsp3) is 0.462. The normalized spacial score (nSPS) is 16.2. The van der Waals surface area contributed by atoms with E-state index in [4.69, 9.17) is 0 Å². The number of carbonyl (C=O) groups excluding carboxylic acids is 1. The highest BCUT2D eigenvalue weighted by Gasteiger charge is 2.24. The second kappa shape index (κ2) is 6.30. The van der Waals surface area contributed by atoms with Crippen molar-refractivity contribution >= 4 is 27.5 Å². The van der Waals surface area contributed by atoms with Crippen LogP contribution in [0, 0.1) is 21.8 Å². The Hall–Kier alpha value is -1.50.